The van der Waals surface area contributed by atoms with Gasteiger partial charge in [-0.05, 0) is 56.6 Å². The topological polar surface area (TPSA) is 39.1 Å². The van der Waals surface area contributed by atoms with E-state index < -0.39 is 0 Å². The number of nitriles is 1. The van der Waals surface area contributed by atoms with Crippen molar-refractivity contribution in [3.63, 3.8) is 0 Å². The highest BCUT2D eigenvalue weighted by Crippen LogP contribution is 2.18. The summed E-state index contributed by atoms with van der Waals surface area (Å²) in [4.78, 5) is 2.48. The molecule has 1 unspecified atom stereocenters. The highest BCUT2D eigenvalue weighted by Gasteiger charge is 2.18. The van der Waals surface area contributed by atoms with Crippen molar-refractivity contribution in [2.45, 2.75) is 32.7 Å². The van der Waals surface area contributed by atoms with Gasteiger partial charge in [0.1, 0.15) is 0 Å². The molecule has 1 saturated heterocycles. The Labute approximate surface area is 109 Å². The maximum Gasteiger partial charge on any atom is 0.0994 e. The molecule has 0 aliphatic carbocycles. The fourth-order valence-electron chi connectivity index (χ4n) is 2.58. The molecule has 1 fully saturated rings. The van der Waals surface area contributed by atoms with Crippen LogP contribution in [0.25, 0.3) is 0 Å². The zero-order valence-electron chi connectivity index (χ0n) is 11.2. The summed E-state index contributed by atoms with van der Waals surface area (Å²) in [6, 6.07) is 8.72. The van der Waals surface area contributed by atoms with Crippen LogP contribution in [0.3, 0.4) is 0 Å². The molecule has 96 valence electrons. The lowest BCUT2D eigenvalue weighted by Crippen LogP contribution is -2.41. The van der Waals surface area contributed by atoms with Crippen LogP contribution in [0.4, 0.5) is 5.69 Å². The number of nitrogens with one attached hydrogen (secondary N) is 1. The Bertz CT molecular complexity index is 448. The van der Waals surface area contributed by atoms with Gasteiger partial charge in [0.15, 0.2) is 0 Å². The lowest BCUT2D eigenvalue weighted by Gasteiger charge is -2.32. The number of likely N-dealkylation sites (N-methyl/N-ethyl adjacent to an activating group) is 1. The molecule has 1 atom stereocenters. The number of piperidine rings is 1. The van der Waals surface area contributed by atoms with Gasteiger partial charge in [-0.1, -0.05) is 6.92 Å². The molecule has 0 saturated carbocycles. The van der Waals surface area contributed by atoms with Gasteiger partial charge in [-0.3, -0.25) is 0 Å². The molecule has 1 N–H and O–H groups in total. The number of benzene rings is 1. The highest BCUT2D eigenvalue weighted by atomic mass is 15.2. The van der Waals surface area contributed by atoms with Crippen molar-refractivity contribution < 1.29 is 0 Å². The first kappa shape index (κ1) is 12.9. The quantitative estimate of drug-likeness (QED) is 0.887. The SMILES string of the molecule is CCN1CCCC(Nc2ccc(C#N)c(C)c2)C1. The maximum absolute atomic E-state index is 8.92. The van der Waals surface area contributed by atoms with Gasteiger partial charge in [0.05, 0.1) is 11.6 Å². The second kappa shape index (κ2) is 5.88. The van der Waals surface area contributed by atoms with Gasteiger partial charge < -0.3 is 10.2 Å². The van der Waals surface area contributed by atoms with Crippen LogP contribution in [-0.4, -0.2) is 30.6 Å². The van der Waals surface area contributed by atoms with Crippen LogP contribution in [0.15, 0.2) is 18.2 Å². The third-order valence-electron chi connectivity index (χ3n) is 3.67. The molecule has 1 heterocycles. The minimum atomic E-state index is 0.533. The van der Waals surface area contributed by atoms with E-state index in [4.69, 9.17) is 5.26 Å². The minimum Gasteiger partial charge on any atom is -0.381 e. The predicted molar refractivity (Wildman–Crippen MR) is 74.7 cm³/mol. The molecule has 1 aliphatic heterocycles. The molecule has 0 amide bonds. The van der Waals surface area contributed by atoms with Gasteiger partial charge >= 0.3 is 0 Å². The second-order valence-electron chi connectivity index (χ2n) is 5.02. The lowest BCUT2D eigenvalue weighted by atomic mass is 10.0. The van der Waals surface area contributed by atoms with Crippen LogP contribution in [0.1, 0.15) is 30.9 Å². The van der Waals surface area contributed by atoms with Crippen molar-refractivity contribution in [1.29, 1.82) is 5.26 Å². The summed E-state index contributed by atoms with van der Waals surface area (Å²) in [6.07, 6.45) is 2.50. The third kappa shape index (κ3) is 3.02. The number of likely N-dealkylation sites (tertiary alicyclic amines) is 1. The van der Waals surface area contributed by atoms with Crippen LogP contribution >= 0.6 is 0 Å². The van der Waals surface area contributed by atoms with E-state index in [1.807, 2.05) is 19.1 Å². The molecule has 3 heteroatoms. The number of hydrogen-bond donors (Lipinski definition) is 1. The Morgan fingerprint density at radius 1 is 1.50 bits per heavy atom. The Morgan fingerprint density at radius 3 is 3.00 bits per heavy atom. The lowest BCUT2D eigenvalue weighted by molar-refractivity contribution is 0.227. The van der Waals surface area contributed by atoms with Gasteiger partial charge in [0, 0.05) is 18.3 Å². The highest BCUT2D eigenvalue weighted by molar-refractivity contribution is 5.52. The molecule has 18 heavy (non-hydrogen) atoms. The van der Waals surface area contributed by atoms with Crippen molar-refractivity contribution >= 4 is 5.69 Å². The zero-order valence-corrected chi connectivity index (χ0v) is 11.2. The zero-order chi connectivity index (χ0) is 13.0. The molecule has 1 aromatic carbocycles. The monoisotopic (exact) mass is 243 g/mol. The molecular formula is C15H21N3. The average molecular weight is 243 g/mol. The molecule has 2 rings (SSSR count). The molecule has 0 bridgehead atoms. The van der Waals surface area contributed by atoms with Gasteiger partial charge in [0.25, 0.3) is 0 Å². The summed E-state index contributed by atoms with van der Waals surface area (Å²) in [5.41, 5.74) is 2.94. The largest absolute Gasteiger partial charge is 0.381 e. The minimum absolute atomic E-state index is 0.533. The summed E-state index contributed by atoms with van der Waals surface area (Å²) < 4.78 is 0. The molecule has 0 radical (unpaired) electrons. The van der Waals surface area contributed by atoms with E-state index in [0.29, 0.717) is 6.04 Å². The van der Waals surface area contributed by atoms with Crippen molar-refractivity contribution in [1.82, 2.24) is 4.90 Å². The first-order chi connectivity index (χ1) is 8.72. The Kier molecular flexibility index (Phi) is 4.22. The summed E-state index contributed by atoms with van der Waals surface area (Å²) in [5, 5.41) is 12.5. The van der Waals surface area contributed by atoms with Gasteiger partial charge in [-0.25, -0.2) is 0 Å². The molecule has 1 aromatic rings. The Hall–Kier alpha value is -1.53. The van der Waals surface area contributed by atoms with E-state index in [2.05, 4.69) is 29.3 Å². The third-order valence-corrected chi connectivity index (χ3v) is 3.67. The van der Waals surface area contributed by atoms with Crippen LogP contribution in [-0.2, 0) is 0 Å². The number of aryl methyl sites for hydroxylation is 1. The van der Waals surface area contributed by atoms with Crippen LogP contribution < -0.4 is 5.32 Å². The Morgan fingerprint density at radius 2 is 2.33 bits per heavy atom. The standard InChI is InChI=1S/C15H21N3/c1-3-18-8-4-5-15(11-18)17-14-7-6-13(10-16)12(2)9-14/h6-7,9,15,17H,3-5,8,11H2,1-2H3. The van der Waals surface area contributed by atoms with Crippen LogP contribution in [0.5, 0.6) is 0 Å². The maximum atomic E-state index is 8.92. The molecule has 0 spiro atoms. The molecule has 3 nitrogen and oxygen atoms in total. The predicted octanol–water partition coefficient (Wildman–Crippen LogP) is 2.76. The van der Waals surface area contributed by atoms with E-state index in [1.165, 1.54) is 19.4 Å². The van der Waals surface area contributed by atoms with E-state index in [0.717, 1.165) is 29.9 Å². The first-order valence-electron chi connectivity index (χ1n) is 6.72. The van der Waals surface area contributed by atoms with Crippen LogP contribution in [0.2, 0.25) is 0 Å². The van der Waals surface area contributed by atoms with E-state index in [-0.39, 0.29) is 0 Å². The van der Waals surface area contributed by atoms with Crippen molar-refractivity contribution in [2.75, 3.05) is 25.0 Å². The number of hydrogen-bond acceptors (Lipinski definition) is 3. The first-order valence-corrected chi connectivity index (χ1v) is 6.72. The summed E-state index contributed by atoms with van der Waals surface area (Å²) in [6.45, 7) is 7.68. The normalized spacial score (nSPS) is 20.4. The molecule has 0 aromatic heterocycles. The van der Waals surface area contributed by atoms with Gasteiger partial charge in [-0.15, -0.1) is 0 Å². The fraction of sp³-hybridized carbons (Fsp3) is 0.533. The molecular weight excluding hydrogens is 222 g/mol. The number of rotatable bonds is 3. The summed E-state index contributed by atoms with van der Waals surface area (Å²) in [5.74, 6) is 0. The fourth-order valence-corrected chi connectivity index (χ4v) is 2.58. The summed E-state index contributed by atoms with van der Waals surface area (Å²) >= 11 is 0. The second-order valence-corrected chi connectivity index (χ2v) is 5.02. The van der Waals surface area contributed by atoms with Crippen LogP contribution in [0, 0.1) is 18.3 Å². The summed E-state index contributed by atoms with van der Waals surface area (Å²) in [7, 11) is 0. The van der Waals surface area contributed by atoms with Gasteiger partial charge in [-0.2, -0.15) is 5.26 Å². The van der Waals surface area contributed by atoms with Crippen molar-refractivity contribution in [3.05, 3.63) is 29.3 Å². The van der Waals surface area contributed by atoms with E-state index in [1.54, 1.807) is 0 Å². The smallest absolute Gasteiger partial charge is 0.0994 e. The number of anilines is 1. The molecule has 1 aliphatic rings. The van der Waals surface area contributed by atoms with Crippen molar-refractivity contribution in [3.8, 4) is 6.07 Å². The number of nitrogens with zero attached hydrogens (tertiary/aromatic N) is 2. The van der Waals surface area contributed by atoms with Crippen molar-refractivity contribution in [2.24, 2.45) is 0 Å². The van der Waals surface area contributed by atoms with E-state index in [9.17, 15) is 0 Å². The Balaban J connectivity index is 2.01. The average Bonchev–Trinajstić information content (AvgIpc) is 2.39. The van der Waals surface area contributed by atoms with Gasteiger partial charge in [0.2, 0.25) is 0 Å². The van der Waals surface area contributed by atoms with E-state index >= 15 is 0 Å².